The molecule has 4 N–H and O–H groups in total. The summed E-state index contributed by atoms with van der Waals surface area (Å²) in [6.07, 6.45) is 1.63. The van der Waals surface area contributed by atoms with E-state index >= 15 is 0 Å². The molecule has 4 heterocycles. The Bertz CT molecular complexity index is 1380. The first-order valence-corrected chi connectivity index (χ1v) is 14.1. The molecule has 4 amide bonds. The lowest BCUT2D eigenvalue weighted by Gasteiger charge is -2.27. The first-order valence-electron chi connectivity index (χ1n) is 13.2. The highest BCUT2D eigenvalue weighted by molar-refractivity contribution is 7.09. The zero-order valence-electron chi connectivity index (χ0n) is 23.4. The van der Waals surface area contributed by atoms with Gasteiger partial charge in [0.2, 0.25) is 11.8 Å². The Hall–Kier alpha value is -4.00. The van der Waals surface area contributed by atoms with Crippen molar-refractivity contribution in [2.45, 2.75) is 59.7 Å². The maximum absolute atomic E-state index is 13.3. The quantitative estimate of drug-likeness (QED) is 0.377. The lowest BCUT2D eigenvalue weighted by atomic mass is 10.0. The molecule has 214 valence electrons. The molecule has 0 radical (unpaired) electrons. The first-order chi connectivity index (χ1) is 18.9. The van der Waals surface area contributed by atoms with Crippen LogP contribution in [0.15, 0.2) is 28.1 Å². The predicted molar refractivity (Wildman–Crippen MR) is 148 cm³/mol. The van der Waals surface area contributed by atoms with Gasteiger partial charge in [0.15, 0.2) is 5.69 Å². The van der Waals surface area contributed by atoms with Gasteiger partial charge in [-0.2, -0.15) is 0 Å². The van der Waals surface area contributed by atoms with E-state index in [0.717, 1.165) is 0 Å². The van der Waals surface area contributed by atoms with Gasteiger partial charge in [-0.3, -0.25) is 19.2 Å². The van der Waals surface area contributed by atoms with Gasteiger partial charge in [-0.1, -0.05) is 27.7 Å². The van der Waals surface area contributed by atoms with Crippen LogP contribution in [0.4, 0.5) is 0 Å². The Morgan fingerprint density at radius 3 is 2.42 bits per heavy atom. The van der Waals surface area contributed by atoms with Crippen LogP contribution < -0.4 is 16.0 Å². The van der Waals surface area contributed by atoms with Gasteiger partial charge in [0.05, 0.1) is 12.6 Å². The van der Waals surface area contributed by atoms with Gasteiger partial charge in [-0.25, -0.2) is 9.97 Å². The number of hydrogen-bond acceptors (Lipinski definition) is 8. The van der Waals surface area contributed by atoms with Crippen molar-refractivity contribution in [2.24, 2.45) is 11.8 Å². The lowest BCUT2D eigenvalue weighted by molar-refractivity contribution is -0.122. The van der Waals surface area contributed by atoms with Crippen LogP contribution in [0.3, 0.4) is 0 Å². The Morgan fingerprint density at radius 2 is 1.77 bits per heavy atom. The number of fused-ring (bicyclic) bond motifs is 4. The number of nitrogens with one attached hydrogen (secondary N) is 4. The molecule has 4 rings (SSSR count). The van der Waals surface area contributed by atoms with Crippen molar-refractivity contribution < 1.29 is 23.6 Å². The van der Waals surface area contributed by atoms with E-state index in [1.807, 2.05) is 27.7 Å². The molecule has 40 heavy (non-hydrogen) atoms. The molecule has 0 saturated carbocycles. The van der Waals surface area contributed by atoms with Gasteiger partial charge in [0.25, 0.3) is 17.7 Å². The number of aromatic nitrogens is 3. The lowest BCUT2D eigenvalue weighted by Crippen LogP contribution is -2.48. The average Bonchev–Trinajstić information content (AvgIpc) is 3.65. The number of oxazole rings is 1. The highest BCUT2D eigenvalue weighted by atomic mass is 32.1. The standard InChI is InChI=1S/C27H35N7O5S/c1-13(2)20-25-33-22(16(6)39-25)24(37)29-15(5)10-34(27(38)17-8-7-9-28-17)11-19(35)31-21(14(3)4)26-30-18(12-40-26)23(36)32-20/h7-9,12-15,20-21,28H,10-11H2,1-6H3,(H,29,37)(H,31,35)(H,32,36)/t15-,20-,21+/m1/s1. The molecule has 3 aromatic rings. The van der Waals surface area contributed by atoms with Crippen LogP contribution in [0.2, 0.25) is 0 Å². The largest absolute Gasteiger partial charge is 0.443 e. The third-order valence-electron chi connectivity index (χ3n) is 6.57. The zero-order chi connectivity index (χ0) is 29.1. The van der Waals surface area contributed by atoms with Crippen LogP contribution in [0, 0.1) is 18.8 Å². The van der Waals surface area contributed by atoms with Crippen molar-refractivity contribution in [2.75, 3.05) is 13.1 Å². The summed E-state index contributed by atoms with van der Waals surface area (Å²) in [6, 6.07) is 1.71. The van der Waals surface area contributed by atoms with Crippen molar-refractivity contribution in [1.82, 2.24) is 35.8 Å². The molecule has 3 atom stereocenters. The third-order valence-corrected chi connectivity index (χ3v) is 7.50. The number of aryl methyl sites for hydroxylation is 1. The molecule has 0 aliphatic carbocycles. The van der Waals surface area contributed by atoms with Gasteiger partial charge in [0.1, 0.15) is 28.2 Å². The third kappa shape index (κ3) is 6.41. The molecule has 4 bridgehead atoms. The molecule has 13 heteroatoms. The highest BCUT2D eigenvalue weighted by Crippen LogP contribution is 2.27. The highest BCUT2D eigenvalue weighted by Gasteiger charge is 2.31. The van der Waals surface area contributed by atoms with E-state index < -0.39 is 35.8 Å². The second-order valence-electron chi connectivity index (χ2n) is 10.7. The van der Waals surface area contributed by atoms with Crippen LogP contribution in [-0.2, 0) is 4.79 Å². The topological polar surface area (TPSA) is 162 Å². The maximum Gasteiger partial charge on any atom is 0.273 e. The number of hydrogen-bond donors (Lipinski definition) is 4. The van der Waals surface area contributed by atoms with E-state index in [1.165, 1.54) is 16.2 Å². The van der Waals surface area contributed by atoms with Crippen LogP contribution >= 0.6 is 11.3 Å². The van der Waals surface area contributed by atoms with Crippen molar-refractivity contribution in [3.8, 4) is 0 Å². The fourth-order valence-corrected chi connectivity index (χ4v) is 5.47. The van der Waals surface area contributed by atoms with Crippen LogP contribution in [0.25, 0.3) is 0 Å². The van der Waals surface area contributed by atoms with Crippen molar-refractivity contribution in [3.63, 3.8) is 0 Å². The summed E-state index contributed by atoms with van der Waals surface area (Å²) < 4.78 is 5.84. The van der Waals surface area contributed by atoms with Crippen molar-refractivity contribution in [1.29, 1.82) is 0 Å². The van der Waals surface area contributed by atoms with Gasteiger partial charge in [0, 0.05) is 24.2 Å². The minimum absolute atomic E-state index is 0.0421. The second kappa shape index (κ2) is 12.0. The minimum atomic E-state index is -0.608. The molecular formula is C27H35N7O5S. The normalized spacial score (nSPS) is 21.1. The Labute approximate surface area is 236 Å². The minimum Gasteiger partial charge on any atom is -0.443 e. The fourth-order valence-electron chi connectivity index (χ4n) is 4.45. The number of rotatable bonds is 3. The van der Waals surface area contributed by atoms with Crippen LogP contribution in [0.1, 0.15) is 94.8 Å². The number of H-pyrrole nitrogens is 1. The van der Waals surface area contributed by atoms with Gasteiger partial charge in [-0.15, -0.1) is 11.3 Å². The number of nitrogens with zero attached hydrogens (tertiary/aromatic N) is 3. The summed E-state index contributed by atoms with van der Waals surface area (Å²) >= 11 is 1.27. The Balaban J connectivity index is 1.73. The van der Waals surface area contributed by atoms with Gasteiger partial charge in [-0.05, 0) is 37.8 Å². The number of thiazole rings is 1. The number of carbonyl (C=O) groups is 4. The second-order valence-corrected chi connectivity index (χ2v) is 11.5. The van der Waals surface area contributed by atoms with Crippen molar-refractivity contribution >= 4 is 35.0 Å². The van der Waals surface area contributed by atoms with E-state index in [4.69, 9.17) is 4.42 Å². The van der Waals surface area contributed by atoms with Crippen LogP contribution in [0.5, 0.6) is 0 Å². The van der Waals surface area contributed by atoms with E-state index in [1.54, 1.807) is 37.6 Å². The summed E-state index contributed by atoms with van der Waals surface area (Å²) in [6.45, 7) is 10.9. The monoisotopic (exact) mass is 569 g/mol. The molecule has 0 unspecified atom stereocenters. The molecule has 0 spiro atoms. The zero-order valence-corrected chi connectivity index (χ0v) is 24.2. The van der Waals surface area contributed by atoms with E-state index in [9.17, 15) is 19.2 Å². The molecule has 0 saturated heterocycles. The Kier molecular flexibility index (Phi) is 8.72. The molecule has 12 nitrogen and oxygen atoms in total. The number of aromatic amines is 1. The smallest absolute Gasteiger partial charge is 0.273 e. The van der Waals surface area contributed by atoms with E-state index in [2.05, 4.69) is 30.9 Å². The molecule has 1 aliphatic rings. The summed E-state index contributed by atoms with van der Waals surface area (Å²) in [5, 5.41) is 11.0. The summed E-state index contributed by atoms with van der Waals surface area (Å²) in [5.41, 5.74) is 0.602. The first kappa shape index (κ1) is 29.0. The maximum atomic E-state index is 13.3. The fraction of sp³-hybridized carbons (Fsp3) is 0.481. The predicted octanol–water partition coefficient (Wildman–Crippen LogP) is 2.98. The van der Waals surface area contributed by atoms with E-state index in [-0.39, 0.29) is 48.1 Å². The van der Waals surface area contributed by atoms with Crippen LogP contribution in [-0.4, -0.2) is 62.6 Å². The number of carbonyl (C=O) groups excluding carboxylic acids is 4. The number of amides is 4. The van der Waals surface area contributed by atoms with Gasteiger partial charge < -0.3 is 30.3 Å². The molecular weight excluding hydrogens is 534 g/mol. The summed E-state index contributed by atoms with van der Waals surface area (Å²) in [5.74, 6) is -1.32. The molecule has 3 aromatic heterocycles. The molecule has 1 aliphatic heterocycles. The summed E-state index contributed by atoms with van der Waals surface area (Å²) in [7, 11) is 0. The molecule has 0 fully saturated rings. The molecule has 0 aromatic carbocycles. The summed E-state index contributed by atoms with van der Waals surface area (Å²) in [4.78, 5) is 66.1. The van der Waals surface area contributed by atoms with Gasteiger partial charge >= 0.3 is 0 Å². The Morgan fingerprint density at radius 1 is 1.05 bits per heavy atom. The average molecular weight is 570 g/mol. The van der Waals surface area contributed by atoms with E-state index in [0.29, 0.717) is 16.5 Å². The van der Waals surface area contributed by atoms with Crippen molar-refractivity contribution in [3.05, 3.63) is 57.5 Å². The SMILES string of the molecule is Cc1oc2nc1C(=O)N[C@H](C)CN(C(=O)c1ccc[nH]1)CC(=O)N[C@@H](C(C)C)c1nc(cs1)C(=O)N[C@@H]2C(C)C.